The molecule has 0 spiro atoms. The second kappa shape index (κ2) is 5.41. The van der Waals surface area contributed by atoms with Crippen molar-refractivity contribution in [2.24, 2.45) is 5.73 Å². The van der Waals surface area contributed by atoms with Gasteiger partial charge in [0.15, 0.2) is 0 Å². The average molecular weight is 188 g/mol. The highest BCUT2D eigenvalue weighted by atomic mass is 14.6. The van der Waals surface area contributed by atoms with Crippen molar-refractivity contribution in [3.05, 3.63) is 35.4 Å². The molecule has 0 saturated heterocycles. The van der Waals surface area contributed by atoms with E-state index in [9.17, 15) is 0 Å². The monoisotopic (exact) mass is 188 g/mol. The first kappa shape index (κ1) is 10.7. The summed E-state index contributed by atoms with van der Waals surface area (Å²) in [6, 6.07) is 10.1. The van der Waals surface area contributed by atoms with E-state index in [-0.39, 0.29) is 6.04 Å². The van der Waals surface area contributed by atoms with E-state index in [0.29, 0.717) is 6.42 Å². The van der Waals surface area contributed by atoms with Gasteiger partial charge < -0.3 is 5.73 Å². The molecule has 0 fully saturated rings. The van der Waals surface area contributed by atoms with E-state index in [1.165, 1.54) is 5.56 Å². The molecule has 0 radical (unpaired) electrons. The van der Waals surface area contributed by atoms with Gasteiger partial charge in [0.2, 0.25) is 0 Å². The molecule has 1 atom stereocenters. The molecule has 1 unspecified atom stereocenters. The van der Waals surface area contributed by atoms with Crippen molar-refractivity contribution in [2.75, 3.05) is 0 Å². The van der Waals surface area contributed by atoms with Crippen molar-refractivity contribution in [2.45, 2.75) is 32.2 Å². The number of hydrogen-bond acceptors (Lipinski definition) is 2. The SMILES string of the molecule is CCCc1ccccc1C(N)CC#N. The molecule has 74 valence electrons. The van der Waals surface area contributed by atoms with Crippen LogP contribution in [0.4, 0.5) is 0 Å². The summed E-state index contributed by atoms with van der Waals surface area (Å²) in [4.78, 5) is 0. The molecule has 1 aromatic carbocycles. The first-order chi connectivity index (χ1) is 6.79. The Bertz CT molecular complexity index is 325. The molecule has 0 aliphatic carbocycles. The molecule has 0 aliphatic rings. The Labute approximate surface area is 85.4 Å². The first-order valence-corrected chi connectivity index (χ1v) is 5.00. The summed E-state index contributed by atoms with van der Waals surface area (Å²) in [5.74, 6) is 0. The van der Waals surface area contributed by atoms with Gasteiger partial charge in [0, 0.05) is 6.04 Å². The number of nitriles is 1. The third-order valence-electron chi connectivity index (χ3n) is 2.29. The lowest BCUT2D eigenvalue weighted by Gasteiger charge is -2.13. The molecular formula is C12H16N2. The maximum atomic E-state index is 8.59. The van der Waals surface area contributed by atoms with Crippen LogP contribution in [0.25, 0.3) is 0 Å². The summed E-state index contributed by atoms with van der Waals surface area (Å²) < 4.78 is 0. The Kier molecular flexibility index (Phi) is 4.15. The zero-order valence-electron chi connectivity index (χ0n) is 8.53. The second-order valence-electron chi connectivity index (χ2n) is 3.42. The summed E-state index contributed by atoms with van der Waals surface area (Å²) >= 11 is 0. The topological polar surface area (TPSA) is 49.8 Å². The second-order valence-corrected chi connectivity index (χ2v) is 3.42. The maximum absolute atomic E-state index is 8.59. The highest BCUT2D eigenvalue weighted by Gasteiger charge is 2.08. The molecule has 0 amide bonds. The first-order valence-electron chi connectivity index (χ1n) is 5.00. The van der Waals surface area contributed by atoms with E-state index in [1.807, 2.05) is 18.2 Å². The number of rotatable bonds is 4. The fourth-order valence-corrected chi connectivity index (χ4v) is 1.60. The minimum absolute atomic E-state index is 0.136. The van der Waals surface area contributed by atoms with Gasteiger partial charge in [-0.15, -0.1) is 0 Å². The highest BCUT2D eigenvalue weighted by Crippen LogP contribution is 2.19. The molecule has 0 saturated carbocycles. The predicted molar refractivity (Wildman–Crippen MR) is 57.6 cm³/mol. The normalized spacial score (nSPS) is 12.1. The van der Waals surface area contributed by atoms with Crippen LogP contribution in [-0.4, -0.2) is 0 Å². The molecule has 0 heterocycles. The maximum Gasteiger partial charge on any atom is 0.0641 e. The van der Waals surface area contributed by atoms with Crippen LogP contribution in [0.1, 0.15) is 36.9 Å². The van der Waals surface area contributed by atoms with Crippen LogP contribution in [0.15, 0.2) is 24.3 Å². The van der Waals surface area contributed by atoms with E-state index in [4.69, 9.17) is 11.0 Å². The van der Waals surface area contributed by atoms with Gasteiger partial charge >= 0.3 is 0 Å². The van der Waals surface area contributed by atoms with Crippen molar-refractivity contribution >= 4 is 0 Å². The third-order valence-corrected chi connectivity index (χ3v) is 2.29. The summed E-state index contributed by atoms with van der Waals surface area (Å²) in [6.45, 7) is 2.15. The van der Waals surface area contributed by atoms with Crippen molar-refractivity contribution in [1.29, 1.82) is 5.26 Å². The molecule has 0 aliphatic heterocycles. The standard InChI is InChI=1S/C12H16N2/c1-2-5-10-6-3-4-7-11(10)12(14)8-9-13/h3-4,6-7,12H,2,5,8,14H2,1H3. The largest absolute Gasteiger partial charge is 0.323 e. The Morgan fingerprint density at radius 1 is 1.43 bits per heavy atom. The quantitative estimate of drug-likeness (QED) is 0.789. The zero-order valence-corrected chi connectivity index (χ0v) is 8.53. The van der Waals surface area contributed by atoms with E-state index in [1.54, 1.807) is 0 Å². The molecule has 2 nitrogen and oxygen atoms in total. The van der Waals surface area contributed by atoms with Gasteiger partial charge in [0.25, 0.3) is 0 Å². The van der Waals surface area contributed by atoms with E-state index in [2.05, 4.69) is 19.1 Å². The highest BCUT2D eigenvalue weighted by molar-refractivity contribution is 5.30. The lowest BCUT2D eigenvalue weighted by Crippen LogP contribution is -2.11. The van der Waals surface area contributed by atoms with Gasteiger partial charge in [-0.1, -0.05) is 37.6 Å². The molecule has 1 aromatic rings. The van der Waals surface area contributed by atoms with Gasteiger partial charge in [-0.05, 0) is 17.5 Å². The van der Waals surface area contributed by atoms with Crippen LogP contribution in [0.3, 0.4) is 0 Å². The Balaban J connectivity index is 2.89. The van der Waals surface area contributed by atoms with Gasteiger partial charge in [0.1, 0.15) is 0 Å². The Morgan fingerprint density at radius 3 is 2.79 bits per heavy atom. The Morgan fingerprint density at radius 2 is 2.14 bits per heavy atom. The molecule has 2 heteroatoms. The summed E-state index contributed by atoms with van der Waals surface area (Å²) in [6.07, 6.45) is 2.53. The molecular weight excluding hydrogens is 172 g/mol. The van der Waals surface area contributed by atoms with Crippen LogP contribution in [0.5, 0.6) is 0 Å². The smallest absolute Gasteiger partial charge is 0.0641 e. The Hall–Kier alpha value is -1.33. The number of nitrogens with zero attached hydrogens (tertiary/aromatic N) is 1. The zero-order chi connectivity index (χ0) is 10.4. The number of benzene rings is 1. The van der Waals surface area contributed by atoms with Gasteiger partial charge in [-0.25, -0.2) is 0 Å². The lowest BCUT2D eigenvalue weighted by molar-refractivity contribution is 0.730. The van der Waals surface area contributed by atoms with Crippen LogP contribution in [0.2, 0.25) is 0 Å². The third kappa shape index (κ3) is 2.58. The molecule has 14 heavy (non-hydrogen) atoms. The molecule has 1 rings (SSSR count). The lowest BCUT2D eigenvalue weighted by atomic mass is 9.96. The van der Waals surface area contributed by atoms with Gasteiger partial charge in [0.05, 0.1) is 12.5 Å². The number of aryl methyl sites for hydroxylation is 1. The van der Waals surface area contributed by atoms with E-state index in [0.717, 1.165) is 18.4 Å². The van der Waals surface area contributed by atoms with Crippen LogP contribution in [-0.2, 0) is 6.42 Å². The fourth-order valence-electron chi connectivity index (χ4n) is 1.60. The van der Waals surface area contributed by atoms with Crippen molar-refractivity contribution in [3.63, 3.8) is 0 Å². The van der Waals surface area contributed by atoms with Crippen molar-refractivity contribution < 1.29 is 0 Å². The summed E-state index contributed by atoms with van der Waals surface area (Å²) in [5, 5.41) is 8.59. The molecule has 0 aromatic heterocycles. The van der Waals surface area contributed by atoms with Crippen LogP contribution in [0, 0.1) is 11.3 Å². The predicted octanol–water partition coefficient (Wildman–Crippen LogP) is 2.55. The van der Waals surface area contributed by atoms with E-state index >= 15 is 0 Å². The number of nitrogens with two attached hydrogens (primary N) is 1. The van der Waals surface area contributed by atoms with Gasteiger partial charge in [-0.2, -0.15) is 5.26 Å². The average Bonchev–Trinajstić information content (AvgIpc) is 2.19. The summed E-state index contributed by atoms with van der Waals surface area (Å²) in [7, 11) is 0. The minimum atomic E-state index is -0.136. The summed E-state index contributed by atoms with van der Waals surface area (Å²) in [5.41, 5.74) is 8.31. The minimum Gasteiger partial charge on any atom is -0.323 e. The van der Waals surface area contributed by atoms with Crippen LogP contribution >= 0.6 is 0 Å². The van der Waals surface area contributed by atoms with Crippen molar-refractivity contribution in [1.82, 2.24) is 0 Å². The van der Waals surface area contributed by atoms with Crippen LogP contribution < -0.4 is 5.73 Å². The van der Waals surface area contributed by atoms with E-state index < -0.39 is 0 Å². The molecule has 2 N–H and O–H groups in total. The fraction of sp³-hybridized carbons (Fsp3) is 0.417. The molecule has 0 bridgehead atoms. The number of hydrogen-bond donors (Lipinski definition) is 1. The van der Waals surface area contributed by atoms with Crippen molar-refractivity contribution in [3.8, 4) is 6.07 Å². The van der Waals surface area contributed by atoms with Gasteiger partial charge in [-0.3, -0.25) is 0 Å².